The van der Waals surface area contributed by atoms with Gasteiger partial charge in [0.1, 0.15) is 5.82 Å². The molecular weight excluding hydrogens is 507 g/mol. The Morgan fingerprint density at radius 2 is 1.84 bits per heavy atom. The number of hydrogen-bond donors (Lipinski definition) is 2. The molecule has 1 atom stereocenters. The predicted molar refractivity (Wildman–Crippen MR) is 129 cm³/mol. The lowest BCUT2D eigenvalue weighted by Gasteiger charge is -2.37. The van der Waals surface area contributed by atoms with Crippen LogP contribution in [0.1, 0.15) is 27.4 Å². The monoisotopic (exact) mass is 529 g/mol. The van der Waals surface area contributed by atoms with Gasteiger partial charge >= 0.3 is 12.1 Å². The Hall–Kier alpha value is -4.23. The molecule has 3 heterocycles. The number of fused-ring (bicyclic) bond motifs is 2. The van der Waals surface area contributed by atoms with Gasteiger partial charge in [0, 0.05) is 61.7 Å². The number of hydrogen-bond acceptors (Lipinski definition) is 6. The Morgan fingerprint density at radius 3 is 2.50 bits per heavy atom. The maximum absolute atomic E-state index is 14.6. The Labute approximate surface area is 213 Å². The molecule has 2 N–H and O–H groups in total. The molecule has 38 heavy (non-hydrogen) atoms. The largest absolute Gasteiger partial charge is 0.476 e. The zero-order chi connectivity index (χ0) is 27.2. The van der Waals surface area contributed by atoms with E-state index in [9.17, 15) is 38.3 Å². The molecule has 0 radical (unpaired) electrons. The van der Waals surface area contributed by atoms with Crippen molar-refractivity contribution in [1.82, 2.24) is 19.0 Å². The van der Waals surface area contributed by atoms with E-state index in [0.717, 1.165) is 11.6 Å². The maximum Gasteiger partial charge on any atom is 0.422 e. The van der Waals surface area contributed by atoms with Crippen molar-refractivity contribution in [2.24, 2.45) is 0 Å². The lowest BCUT2D eigenvalue weighted by Crippen LogP contribution is -2.52. The van der Waals surface area contributed by atoms with Crippen molar-refractivity contribution in [3.63, 3.8) is 0 Å². The number of halogens is 3. The van der Waals surface area contributed by atoms with Crippen LogP contribution in [-0.4, -0.2) is 59.4 Å². The summed E-state index contributed by atoms with van der Waals surface area (Å²) in [5, 5.41) is 32.0. The summed E-state index contributed by atoms with van der Waals surface area (Å²) >= 11 is 0. The first-order chi connectivity index (χ1) is 18.0. The van der Waals surface area contributed by atoms with E-state index in [4.69, 9.17) is 0 Å². The number of carboxylic acids is 1. The molecule has 1 unspecified atom stereocenters. The van der Waals surface area contributed by atoms with Crippen LogP contribution in [-0.2, 0) is 25.2 Å². The lowest BCUT2D eigenvalue weighted by molar-refractivity contribution is -0.384. The molecule has 1 aliphatic heterocycles. The number of imidazole rings is 1. The van der Waals surface area contributed by atoms with Crippen molar-refractivity contribution in [2.45, 2.75) is 31.4 Å². The van der Waals surface area contributed by atoms with Gasteiger partial charge in [0.15, 0.2) is 5.69 Å². The number of aromatic carboxylic acids is 1. The van der Waals surface area contributed by atoms with Gasteiger partial charge in [0.25, 0.3) is 5.69 Å². The molecule has 0 saturated carbocycles. The number of nitro groups is 1. The van der Waals surface area contributed by atoms with E-state index in [2.05, 4.69) is 4.98 Å². The fourth-order valence-electron chi connectivity index (χ4n) is 4.83. The van der Waals surface area contributed by atoms with Crippen molar-refractivity contribution in [3.05, 3.63) is 93.7 Å². The van der Waals surface area contributed by atoms with Gasteiger partial charge in [-0.2, -0.15) is 13.2 Å². The van der Waals surface area contributed by atoms with E-state index >= 15 is 0 Å². The number of alkyl halides is 3. The first kappa shape index (κ1) is 25.4. The van der Waals surface area contributed by atoms with Crippen LogP contribution in [0.3, 0.4) is 0 Å². The molecule has 13 heteroatoms. The van der Waals surface area contributed by atoms with Crippen LogP contribution in [0.5, 0.6) is 0 Å². The number of β-amino-alcohol motifs (C(OH)–C–C–N with tert-alkyl or cyclic N) is 1. The number of nitro benzene ring substituents is 1. The van der Waals surface area contributed by atoms with Crippen molar-refractivity contribution < 1.29 is 33.1 Å². The summed E-state index contributed by atoms with van der Waals surface area (Å²) in [4.78, 5) is 27.4. The van der Waals surface area contributed by atoms with Gasteiger partial charge in [-0.15, -0.1) is 0 Å². The standard InChI is InChI=1S/C25H22F3N5O5/c26-25(27,28)24(36,15-30-8-9-31-13-20(23(34)35)29-22(31)14-30)19-12-32(11-16-4-2-1-3-5-16)21-10-17(33(37)38)6-7-18(19)21/h1-7,10,12-13,36H,8-9,11,14-15H2,(H,34,35). The molecule has 0 bridgehead atoms. The van der Waals surface area contributed by atoms with Crippen LogP contribution in [0.15, 0.2) is 60.9 Å². The van der Waals surface area contributed by atoms with Gasteiger partial charge in [-0.25, -0.2) is 9.78 Å². The van der Waals surface area contributed by atoms with Crippen molar-refractivity contribution in [1.29, 1.82) is 0 Å². The Bertz CT molecular complexity index is 1530. The lowest BCUT2D eigenvalue weighted by atomic mass is 9.91. The van der Waals surface area contributed by atoms with Crippen molar-refractivity contribution >= 4 is 22.6 Å². The molecule has 0 aliphatic carbocycles. The fraction of sp³-hybridized carbons (Fsp3) is 0.280. The van der Waals surface area contributed by atoms with Crippen LogP contribution >= 0.6 is 0 Å². The second-order valence-electron chi connectivity index (χ2n) is 9.22. The third-order valence-electron chi connectivity index (χ3n) is 6.74. The highest BCUT2D eigenvalue weighted by Crippen LogP contribution is 2.44. The molecule has 2 aromatic carbocycles. The molecule has 4 aromatic rings. The van der Waals surface area contributed by atoms with Crippen LogP contribution in [0.25, 0.3) is 10.9 Å². The van der Waals surface area contributed by atoms with Gasteiger partial charge < -0.3 is 19.3 Å². The molecule has 10 nitrogen and oxygen atoms in total. The number of nitrogens with zero attached hydrogens (tertiary/aromatic N) is 5. The zero-order valence-corrected chi connectivity index (χ0v) is 19.8. The molecule has 2 aromatic heterocycles. The van der Waals surface area contributed by atoms with Crippen molar-refractivity contribution in [2.75, 3.05) is 13.1 Å². The molecule has 1 aliphatic rings. The van der Waals surface area contributed by atoms with E-state index in [0.29, 0.717) is 0 Å². The molecule has 0 amide bonds. The average molecular weight is 529 g/mol. The van der Waals surface area contributed by atoms with Gasteiger partial charge in [-0.3, -0.25) is 15.0 Å². The minimum absolute atomic E-state index is 0.0398. The average Bonchev–Trinajstić information content (AvgIpc) is 3.45. The highest BCUT2D eigenvalue weighted by molar-refractivity contribution is 5.87. The number of rotatable bonds is 7. The summed E-state index contributed by atoms with van der Waals surface area (Å²) < 4.78 is 46.9. The number of benzene rings is 2. The van der Waals surface area contributed by atoms with E-state index in [1.807, 2.05) is 0 Å². The van der Waals surface area contributed by atoms with Gasteiger partial charge in [-0.1, -0.05) is 30.3 Å². The van der Waals surface area contributed by atoms with E-state index < -0.39 is 34.8 Å². The number of aromatic nitrogens is 3. The minimum atomic E-state index is -5.10. The minimum Gasteiger partial charge on any atom is -0.476 e. The molecule has 5 rings (SSSR count). The van der Waals surface area contributed by atoms with E-state index in [1.165, 1.54) is 34.0 Å². The van der Waals surface area contributed by atoms with E-state index in [1.54, 1.807) is 34.9 Å². The van der Waals surface area contributed by atoms with Crippen LogP contribution in [0.4, 0.5) is 18.9 Å². The summed E-state index contributed by atoms with van der Waals surface area (Å²) in [6.45, 7) is -0.487. The number of carbonyl (C=O) groups is 1. The van der Waals surface area contributed by atoms with Crippen LogP contribution < -0.4 is 0 Å². The zero-order valence-electron chi connectivity index (χ0n) is 19.8. The summed E-state index contributed by atoms with van der Waals surface area (Å²) in [5.74, 6) is -0.967. The summed E-state index contributed by atoms with van der Waals surface area (Å²) in [6, 6.07) is 12.4. The normalized spacial score (nSPS) is 15.8. The Kier molecular flexibility index (Phi) is 6.19. The summed E-state index contributed by atoms with van der Waals surface area (Å²) in [5.41, 5.74) is -3.31. The van der Waals surface area contributed by atoms with Crippen LogP contribution in [0.2, 0.25) is 0 Å². The highest BCUT2D eigenvalue weighted by Gasteiger charge is 2.57. The number of non-ortho nitro benzene ring substituents is 1. The first-order valence-corrected chi connectivity index (χ1v) is 11.6. The number of aliphatic hydroxyl groups is 1. The predicted octanol–water partition coefficient (Wildman–Crippen LogP) is 3.76. The first-order valence-electron chi connectivity index (χ1n) is 11.6. The third kappa shape index (κ3) is 4.50. The van der Waals surface area contributed by atoms with Gasteiger partial charge in [0.05, 0.1) is 17.0 Å². The third-order valence-corrected chi connectivity index (χ3v) is 6.74. The Balaban J connectivity index is 1.57. The Morgan fingerprint density at radius 1 is 1.11 bits per heavy atom. The number of carboxylic acid groups (broad SMARTS) is 1. The summed E-state index contributed by atoms with van der Waals surface area (Å²) in [6.07, 6.45) is -2.57. The van der Waals surface area contributed by atoms with Crippen LogP contribution in [0, 0.1) is 10.1 Å². The highest BCUT2D eigenvalue weighted by atomic mass is 19.4. The molecule has 198 valence electrons. The molecule has 0 spiro atoms. The van der Waals surface area contributed by atoms with Gasteiger partial charge in [0.2, 0.25) is 5.60 Å². The quantitative estimate of drug-likeness (QED) is 0.276. The smallest absolute Gasteiger partial charge is 0.422 e. The van der Waals surface area contributed by atoms with Gasteiger partial charge in [-0.05, 0) is 11.6 Å². The molecular formula is C25H22F3N5O5. The maximum atomic E-state index is 14.6. The van der Waals surface area contributed by atoms with E-state index in [-0.39, 0.29) is 54.3 Å². The summed E-state index contributed by atoms with van der Waals surface area (Å²) in [7, 11) is 0. The molecule has 0 fully saturated rings. The molecule has 0 saturated heterocycles. The second kappa shape index (κ2) is 9.26. The fourth-order valence-corrected chi connectivity index (χ4v) is 4.83. The SMILES string of the molecule is O=C(O)c1cn2c(n1)CN(CC(O)(c1cn(Cc3ccccc3)c3cc([N+](=O)[O-])ccc13)C(F)(F)F)CC2. The van der Waals surface area contributed by atoms with Crippen molar-refractivity contribution in [3.8, 4) is 0 Å². The topological polar surface area (TPSA) is 127 Å². The second-order valence-corrected chi connectivity index (χ2v) is 9.22.